The molecule has 2 heterocycles. The third-order valence-electron chi connectivity index (χ3n) is 5.25. The fraction of sp³-hybridized carbons (Fsp3) is 0.500. The van der Waals surface area contributed by atoms with Gasteiger partial charge in [-0.05, 0) is 18.9 Å². The Labute approximate surface area is 181 Å². The molecule has 2 aromatic rings. The fourth-order valence-corrected chi connectivity index (χ4v) is 3.35. The maximum Gasteiger partial charge on any atom is 0.421 e. The topological polar surface area (TPSA) is 91.8 Å². The maximum absolute atomic E-state index is 14.8. The van der Waals surface area contributed by atoms with E-state index in [2.05, 4.69) is 20.6 Å². The van der Waals surface area contributed by atoms with Crippen LogP contribution in [0.1, 0.15) is 30.2 Å². The van der Waals surface area contributed by atoms with Crippen molar-refractivity contribution >= 4 is 17.5 Å². The lowest BCUT2D eigenvalue weighted by Gasteiger charge is -2.31. The molecule has 0 amide bonds. The van der Waals surface area contributed by atoms with Crippen LogP contribution in [0.15, 0.2) is 18.3 Å². The van der Waals surface area contributed by atoms with Crippen LogP contribution >= 0.6 is 0 Å². The van der Waals surface area contributed by atoms with Crippen LogP contribution in [-0.4, -0.2) is 59.4 Å². The molecule has 1 aromatic carbocycles. The van der Waals surface area contributed by atoms with E-state index in [0.29, 0.717) is 32.5 Å². The molecule has 8 nitrogen and oxygen atoms in total. The number of aliphatic hydroxyl groups excluding tert-OH is 1. The van der Waals surface area contributed by atoms with Crippen molar-refractivity contribution in [2.24, 2.45) is 0 Å². The van der Waals surface area contributed by atoms with E-state index in [0.717, 1.165) is 18.9 Å². The Balaban J connectivity index is 1.60. The monoisotopic (exact) mass is 457 g/mol. The Morgan fingerprint density at radius 3 is 2.59 bits per heavy atom. The lowest BCUT2D eigenvalue weighted by Crippen LogP contribution is -2.39. The van der Waals surface area contributed by atoms with E-state index in [1.54, 1.807) is 4.90 Å². The molecule has 1 atom stereocenters. The first kappa shape index (κ1) is 22.5. The molecule has 2 aliphatic rings. The van der Waals surface area contributed by atoms with E-state index in [1.165, 1.54) is 13.2 Å². The van der Waals surface area contributed by atoms with Crippen LogP contribution < -0.4 is 15.4 Å². The van der Waals surface area contributed by atoms with Crippen molar-refractivity contribution in [1.82, 2.24) is 14.9 Å². The zero-order valence-electron chi connectivity index (χ0n) is 17.2. The molecule has 1 saturated heterocycles. The van der Waals surface area contributed by atoms with Crippen LogP contribution in [0.25, 0.3) is 0 Å². The number of aromatic nitrogens is 2. The number of anilines is 3. The van der Waals surface area contributed by atoms with Crippen LogP contribution in [0.3, 0.4) is 0 Å². The zero-order chi connectivity index (χ0) is 22.9. The first-order valence-corrected chi connectivity index (χ1v) is 10.1. The van der Waals surface area contributed by atoms with Crippen LogP contribution in [-0.2, 0) is 10.9 Å². The summed E-state index contributed by atoms with van der Waals surface area (Å²) >= 11 is 0. The Hall–Kier alpha value is -2.70. The Kier molecular flexibility index (Phi) is 6.35. The highest BCUT2D eigenvalue weighted by Gasteiger charge is 2.37. The van der Waals surface area contributed by atoms with E-state index in [4.69, 9.17) is 9.47 Å². The molecule has 3 N–H and O–H groups in total. The van der Waals surface area contributed by atoms with E-state index in [1.807, 2.05) is 0 Å². The molecule has 1 unspecified atom stereocenters. The predicted molar refractivity (Wildman–Crippen MR) is 107 cm³/mol. The lowest BCUT2D eigenvalue weighted by atomic mass is 10.1. The number of nitrogens with one attached hydrogen (secondary N) is 2. The predicted octanol–water partition coefficient (Wildman–Crippen LogP) is 3.28. The highest BCUT2D eigenvalue weighted by molar-refractivity contribution is 5.65. The second-order valence-electron chi connectivity index (χ2n) is 7.59. The molecular weight excluding hydrogens is 434 g/mol. The third kappa shape index (κ3) is 5.03. The molecule has 2 fully saturated rings. The SMILES string of the molecule is COc1cc(C(O)N2CCOCC2)c(F)cc1Nc1ncc(C(F)(F)F)c(NC2CC2)n1. The van der Waals surface area contributed by atoms with Gasteiger partial charge in [0.25, 0.3) is 0 Å². The van der Waals surface area contributed by atoms with Gasteiger partial charge in [0.1, 0.15) is 29.2 Å². The minimum atomic E-state index is -4.61. The largest absolute Gasteiger partial charge is 0.495 e. The van der Waals surface area contributed by atoms with Gasteiger partial charge in [0.05, 0.1) is 26.0 Å². The summed E-state index contributed by atoms with van der Waals surface area (Å²) in [5.41, 5.74) is -0.851. The number of rotatable bonds is 7. The second kappa shape index (κ2) is 9.04. The normalized spacial score (nSPS) is 18.3. The summed E-state index contributed by atoms with van der Waals surface area (Å²) in [4.78, 5) is 9.35. The summed E-state index contributed by atoms with van der Waals surface area (Å²) in [6, 6.07) is 2.37. The molecular formula is C20H23F4N5O3. The third-order valence-corrected chi connectivity index (χ3v) is 5.25. The van der Waals surface area contributed by atoms with Gasteiger partial charge in [-0.15, -0.1) is 0 Å². The van der Waals surface area contributed by atoms with Gasteiger partial charge in [-0.3, -0.25) is 4.90 Å². The van der Waals surface area contributed by atoms with Crippen LogP contribution in [0.2, 0.25) is 0 Å². The quantitative estimate of drug-likeness (QED) is 0.546. The van der Waals surface area contributed by atoms with Crippen molar-refractivity contribution in [1.29, 1.82) is 0 Å². The van der Waals surface area contributed by atoms with Gasteiger partial charge in [0.15, 0.2) is 0 Å². The summed E-state index contributed by atoms with van der Waals surface area (Å²) in [7, 11) is 1.36. The lowest BCUT2D eigenvalue weighted by molar-refractivity contribution is -0.137. The van der Waals surface area contributed by atoms with Gasteiger partial charge in [-0.25, -0.2) is 9.37 Å². The molecule has 1 aromatic heterocycles. The first-order chi connectivity index (χ1) is 15.3. The molecule has 12 heteroatoms. The molecule has 1 saturated carbocycles. The van der Waals surface area contributed by atoms with Crippen LogP contribution in [0.4, 0.5) is 35.0 Å². The van der Waals surface area contributed by atoms with Gasteiger partial charge in [-0.1, -0.05) is 0 Å². The first-order valence-electron chi connectivity index (χ1n) is 10.1. The average molecular weight is 457 g/mol. The summed E-state index contributed by atoms with van der Waals surface area (Å²) < 4.78 is 65.2. The number of hydrogen-bond donors (Lipinski definition) is 3. The molecule has 174 valence electrons. The number of methoxy groups -OCH3 is 1. The standard InChI is InChI=1S/C20H23F4N5O3/c1-31-16-8-12(18(30)29-4-6-32-7-5-29)14(21)9-15(16)27-19-25-10-13(20(22,23)24)17(28-19)26-11-2-3-11/h8-11,18,30H,2-7H2,1H3,(H2,25,26,27,28). The van der Waals surface area contributed by atoms with E-state index >= 15 is 0 Å². The molecule has 4 rings (SSSR count). The highest BCUT2D eigenvalue weighted by atomic mass is 19.4. The van der Waals surface area contributed by atoms with Crippen molar-refractivity contribution in [3.63, 3.8) is 0 Å². The van der Waals surface area contributed by atoms with Gasteiger partial charge < -0.3 is 25.2 Å². The van der Waals surface area contributed by atoms with Gasteiger partial charge in [-0.2, -0.15) is 18.2 Å². The number of morpholine rings is 1. The van der Waals surface area contributed by atoms with Gasteiger partial charge >= 0.3 is 6.18 Å². The molecule has 32 heavy (non-hydrogen) atoms. The minimum absolute atomic E-state index is 0.0127. The van der Waals surface area contributed by atoms with Crippen LogP contribution in [0, 0.1) is 5.82 Å². The Morgan fingerprint density at radius 1 is 1.25 bits per heavy atom. The highest BCUT2D eigenvalue weighted by Crippen LogP contribution is 2.37. The van der Waals surface area contributed by atoms with Crippen molar-refractivity contribution in [2.45, 2.75) is 31.3 Å². The smallest absolute Gasteiger partial charge is 0.421 e. The van der Waals surface area contributed by atoms with Crippen molar-refractivity contribution in [3.05, 3.63) is 35.3 Å². The number of nitrogens with zero attached hydrogens (tertiary/aromatic N) is 3. The Morgan fingerprint density at radius 2 is 1.97 bits per heavy atom. The van der Waals surface area contributed by atoms with E-state index in [-0.39, 0.29) is 34.8 Å². The van der Waals surface area contributed by atoms with Gasteiger partial charge in [0, 0.05) is 37.0 Å². The second-order valence-corrected chi connectivity index (χ2v) is 7.59. The summed E-state index contributed by atoms with van der Waals surface area (Å²) in [6.07, 6.45) is -3.61. The number of hydrogen-bond acceptors (Lipinski definition) is 8. The zero-order valence-corrected chi connectivity index (χ0v) is 17.2. The van der Waals surface area contributed by atoms with Gasteiger partial charge in [0.2, 0.25) is 5.95 Å². The fourth-order valence-electron chi connectivity index (χ4n) is 3.35. The molecule has 0 bridgehead atoms. The summed E-state index contributed by atoms with van der Waals surface area (Å²) in [6.45, 7) is 1.74. The van der Waals surface area contributed by atoms with Crippen LogP contribution in [0.5, 0.6) is 5.75 Å². The number of aliphatic hydroxyl groups is 1. The van der Waals surface area contributed by atoms with Crippen molar-refractivity contribution in [3.8, 4) is 5.75 Å². The minimum Gasteiger partial charge on any atom is -0.495 e. The number of ether oxygens (including phenoxy) is 2. The number of benzene rings is 1. The van der Waals surface area contributed by atoms with E-state index < -0.39 is 23.8 Å². The Bertz CT molecular complexity index is 965. The molecule has 1 aliphatic heterocycles. The summed E-state index contributed by atoms with van der Waals surface area (Å²) in [5, 5.41) is 16.0. The maximum atomic E-state index is 14.8. The van der Waals surface area contributed by atoms with Crippen molar-refractivity contribution in [2.75, 3.05) is 44.0 Å². The molecule has 1 aliphatic carbocycles. The number of alkyl halides is 3. The van der Waals surface area contributed by atoms with E-state index in [9.17, 15) is 22.7 Å². The average Bonchev–Trinajstić information content (AvgIpc) is 3.57. The summed E-state index contributed by atoms with van der Waals surface area (Å²) in [5.74, 6) is -1.03. The molecule has 0 spiro atoms. The number of halogens is 4. The van der Waals surface area contributed by atoms with Crippen molar-refractivity contribution < 1.29 is 32.1 Å². The molecule has 0 radical (unpaired) electrons.